The van der Waals surface area contributed by atoms with E-state index >= 15 is 0 Å². The number of pyridine rings is 1. The van der Waals surface area contributed by atoms with E-state index in [1.54, 1.807) is 12.4 Å². The van der Waals surface area contributed by atoms with E-state index in [9.17, 15) is 0 Å². The standard InChI is InChI=1S/C11H12N4OS/c17-11-14-13-10(9-1-3-12-4-2-9)15(11)5-7-16-8-6-15/h1-4H,5-8H2. The van der Waals surface area contributed by atoms with E-state index in [-0.39, 0.29) is 0 Å². The zero-order valence-electron chi connectivity index (χ0n) is 9.24. The number of nitrogens with zero attached hydrogens (tertiary/aromatic N) is 4. The second-order valence-electron chi connectivity index (χ2n) is 4.07. The van der Waals surface area contributed by atoms with Crippen LogP contribution in [-0.2, 0) is 17.4 Å². The van der Waals surface area contributed by atoms with Gasteiger partial charge in [-0.05, 0) is 12.1 Å². The molecule has 2 aliphatic heterocycles. The number of hydrogen-bond donors (Lipinski definition) is 0. The Bertz CT molecular complexity index is 480. The van der Waals surface area contributed by atoms with E-state index in [4.69, 9.17) is 17.4 Å². The highest BCUT2D eigenvalue weighted by molar-refractivity contribution is 7.76. The number of hydrogen-bond acceptors (Lipinski definition) is 5. The molecule has 0 saturated carbocycles. The van der Waals surface area contributed by atoms with Gasteiger partial charge in [-0.3, -0.25) is 4.98 Å². The van der Waals surface area contributed by atoms with Crippen molar-refractivity contribution in [2.75, 3.05) is 26.3 Å². The minimum Gasteiger partial charge on any atom is -0.698 e. The lowest BCUT2D eigenvalue weighted by Crippen LogP contribution is -2.60. The quantitative estimate of drug-likeness (QED) is 0.537. The summed E-state index contributed by atoms with van der Waals surface area (Å²) in [6.45, 7) is 3.01. The van der Waals surface area contributed by atoms with Gasteiger partial charge in [0, 0.05) is 12.4 Å². The molecule has 0 radical (unpaired) electrons. The van der Waals surface area contributed by atoms with Crippen molar-refractivity contribution in [1.82, 2.24) is 4.98 Å². The van der Waals surface area contributed by atoms with Crippen LogP contribution >= 0.6 is 0 Å². The van der Waals surface area contributed by atoms with Crippen LogP contribution in [0.3, 0.4) is 0 Å². The third-order valence-corrected chi connectivity index (χ3v) is 3.61. The number of rotatable bonds is 1. The molecule has 88 valence electrons. The Labute approximate surface area is 105 Å². The number of ether oxygens (including phenoxy) is 1. The summed E-state index contributed by atoms with van der Waals surface area (Å²) < 4.78 is 5.96. The van der Waals surface area contributed by atoms with E-state index in [0.717, 1.165) is 24.5 Å². The lowest BCUT2D eigenvalue weighted by molar-refractivity contribution is -0.752. The number of amidine groups is 2. The van der Waals surface area contributed by atoms with Crippen LogP contribution < -0.4 is 0 Å². The fourth-order valence-corrected chi connectivity index (χ4v) is 2.53. The minimum absolute atomic E-state index is 0.555. The van der Waals surface area contributed by atoms with Gasteiger partial charge in [0.2, 0.25) is 0 Å². The molecule has 0 N–H and O–H groups in total. The van der Waals surface area contributed by atoms with Crippen LogP contribution in [-0.4, -0.2) is 46.8 Å². The van der Waals surface area contributed by atoms with Crippen LogP contribution in [0.2, 0.25) is 0 Å². The Hall–Kier alpha value is -1.37. The highest BCUT2D eigenvalue weighted by atomic mass is 32.1. The molecule has 0 bridgehead atoms. The van der Waals surface area contributed by atoms with Crippen LogP contribution in [0.15, 0.2) is 34.7 Å². The average molecular weight is 248 g/mol. The van der Waals surface area contributed by atoms with Crippen LogP contribution in [0.1, 0.15) is 5.56 Å². The Balaban J connectivity index is 2.01. The van der Waals surface area contributed by atoms with Crippen molar-refractivity contribution in [1.29, 1.82) is 0 Å². The Morgan fingerprint density at radius 1 is 1.12 bits per heavy atom. The molecule has 0 aliphatic carbocycles. The smallest absolute Gasteiger partial charge is 0.259 e. The molecule has 0 aromatic carbocycles. The summed E-state index contributed by atoms with van der Waals surface area (Å²) in [6.07, 6.45) is 3.52. The summed E-state index contributed by atoms with van der Waals surface area (Å²) >= 11 is 5.35. The van der Waals surface area contributed by atoms with Crippen LogP contribution in [0.5, 0.6) is 0 Å². The van der Waals surface area contributed by atoms with E-state index < -0.39 is 0 Å². The van der Waals surface area contributed by atoms with Gasteiger partial charge in [0.15, 0.2) is 0 Å². The predicted molar refractivity (Wildman–Crippen MR) is 66.4 cm³/mol. The molecule has 17 heavy (non-hydrogen) atoms. The van der Waals surface area contributed by atoms with Crippen LogP contribution in [0.4, 0.5) is 0 Å². The average Bonchev–Trinajstić information content (AvgIpc) is 2.69. The van der Waals surface area contributed by atoms with E-state index in [0.29, 0.717) is 22.9 Å². The normalized spacial score (nSPS) is 22.4. The Kier molecular flexibility index (Phi) is 2.62. The molecular formula is C11H12N4OS. The molecule has 0 atom stereocenters. The molecule has 1 aromatic heterocycles. The van der Waals surface area contributed by atoms with E-state index in [2.05, 4.69) is 15.2 Å². The first-order valence-electron chi connectivity index (χ1n) is 5.52. The molecule has 0 unspecified atom stereocenters. The van der Waals surface area contributed by atoms with Crippen molar-refractivity contribution < 1.29 is 9.22 Å². The molecule has 1 spiro atoms. The van der Waals surface area contributed by atoms with Gasteiger partial charge in [0.1, 0.15) is 18.3 Å². The maximum Gasteiger partial charge on any atom is 0.259 e. The van der Waals surface area contributed by atoms with Gasteiger partial charge in [-0.2, -0.15) is 0 Å². The Morgan fingerprint density at radius 2 is 1.82 bits per heavy atom. The van der Waals surface area contributed by atoms with Gasteiger partial charge in [-0.25, -0.2) is 4.48 Å². The van der Waals surface area contributed by atoms with Gasteiger partial charge < -0.3 is 17.4 Å². The molecular weight excluding hydrogens is 236 g/mol. The summed E-state index contributed by atoms with van der Waals surface area (Å²) in [5, 5.41) is 8.98. The summed E-state index contributed by atoms with van der Waals surface area (Å²) in [5.74, 6) is 0.917. The lowest BCUT2D eigenvalue weighted by Gasteiger charge is -2.40. The topological polar surface area (TPSA) is 46.8 Å². The highest BCUT2D eigenvalue weighted by Gasteiger charge is 2.41. The predicted octanol–water partition coefficient (Wildman–Crippen LogP) is 0.507. The summed E-state index contributed by atoms with van der Waals surface area (Å²) in [7, 11) is 0. The third-order valence-electron chi connectivity index (χ3n) is 3.18. The van der Waals surface area contributed by atoms with E-state index in [1.165, 1.54) is 0 Å². The monoisotopic (exact) mass is 248 g/mol. The molecule has 1 aromatic rings. The molecule has 0 amide bonds. The van der Waals surface area contributed by atoms with Crippen LogP contribution in [0.25, 0.3) is 0 Å². The summed E-state index contributed by atoms with van der Waals surface area (Å²) in [5.41, 5.74) is 1.03. The van der Waals surface area contributed by atoms with Crippen molar-refractivity contribution >= 4 is 23.6 Å². The first-order valence-corrected chi connectivity index (χ1v) is 5.93. The minimum atomic E-state index is 0.555. The van der Waals surface area contributed by atoms with Crippen molar-refractivity contribution in [3.63, 3.8) is 0 Å². The highest BCUT2D eigenvalue weighted by Crippen LogP contribution is 2.23. The lowest BCUT2D eigenvalue weighted by atomic mass is 10.2. The maximum atomic E-state index is 5.40. The largest absolute Gasteiger partial charge is 0.698 e. The Morgan fingerprint density at radius 3 is 2.53 bits per heavy atom. The zero-order chi connectivity index (χ0) is 11.7. The molecule has 6 heteroatoms. The third kappa shape index (κ3) is 1.65. The molecule has 3 heterocycles. The van der Waals surface area contributed by atoms with Crippen molar-refractivity contribution in [3.8, 4) is 0 Å². The van der Waals surface area contributed by atoms with Crippen molar-refractivity contribution in [3.05, 3.63) is 30.1 Å². The first kappa shape index (κ1) is 10.8. The molecule has 5 nitrogen and oxygen atoms in total. The molecule has 1 saturated heterocycles. The van der Waals surface area contributed by atoms with E-state index in [1.807, 2.05) is 12.1 Å². The van der Waals surface area contributed by atoms with Gasteiger partial charge in [-0.15, -0.1) is 5.10 Å². The molecule has 2 aliphatic rings. The SMILES string of the molecule is [S-]C1=NN=C(c2ccncc2)[N+]12CCOCC2. The summed E-state index contributed by atoms with van der Waals surface area (Å²) in [4.78, 5) is 4.02. The number of quaternary nitrogens is 1. The van der Waals surface area contributed by atoms with Crippen molar-refractivity contribution in [2.45, 2.75) is 0 Å². The second-order valence-corrected chi connectivity index (χ2v) is 4.43. The summed E-state index contributed by atoms with van der Waals surface area (Å²) in [6, 6.07) is 3.88. The molecule has 3 rings (SSSR count). The van der Waals surface area contributed by atoms with Gasteiger partial charge in [-0.1, -0.05) is 5.10 Å². The second kappa shape index (κ2) is 4.14. The van der Waals surface area contributed by atoms with Gasteiger partial charge in [0.25, 0.3) is 5.84 Å². The number of morpholine rings is 1. The number of aromatic nitrogens is 1. The molecule has 1 fully saturated rings. The zero-order valence-corrected chi connectivity index (χ0v) is 10.1. The van der Waals surface area contributed by atoms with Crippen molar-refractivity contribution in [2.24, 2.45) is 10.2 Å². The van der Waals surface area contributed by atoms with Crippen LogP contribution in [0, 0.1) is 0 Å². The van der Waals surface area contributed by atoms with Gasteiger partial charge >= 0.3 is 0 Å². The fourth-order valence-electron chi connectivity index (χ4n) is 2.22. The maximum absolute atomic E-state index is 5.40. The van der Waals surface area contributed by atoms with Gasteiger partial charge in [0.05, 0.1) is 18.8 Å². The first-order chi connectivity index (χ1) is 8.33. The fraction of sp³-hybridized carbons (Fsp3) is 0.364.